The summed E-state index contributed by atoms with van der Waals surface area (Å²) in [7, 11) is 3.45. The standard InChI is InChI=1S/C27H38O3/c1-22-20-24(14-13-23-15-17-25(29-2)18-16-23)21-27(30-3)26(22)12-10-8-6-4-5-7-9-11-19-28/h13-18,20-21,28H,4-12,19H2,1-3H3/b14-13+. The summed E-state index contributed by atoms with van der Waals surface area (Å²) in [6.07, 6.45) is 15.0. The number of methoxy groups -OCH3 is 2. The minimum absolute atomic E-state index is 0.331. The van der Waals surface area contributed by atoms with Crippen molar-refractivity contribution in [2.75, 3.05) is 20.8 Å². The van der Waals surface area contributed by atoms with Gasteiger partial charge in [-0.25, -0.2) is 0 Å². The van der Waals surface area contributed by atoms with Crippen molar-refractivity contribution in [3.63, 3.8) is 0 Å². The minimum atomic E-state index is 0.331. The van der Waals surface area contributed by atoms with Crippen LogP contribution >= 0.6 is 0 Å². The summed E-state index contributed by atoms with van der Waals surface area (Å²) in [5.41, 5.74) is 4.94. The van der Waals surface area contributed by atoms with Gasteiger partial charge in [0.2, 0.25) is 0 Å². The second kappa shape index (κ2) is 13.9. The van der Waals surface area contributed by atoms with E-state index in [0.717, 1.165) is 41.9 Å². The summed E-state index contributed by atoms with van der Waals surface area (Å²) in [5.74, 6) is 1.86. The Balaban J connectivity index is 1.86. The molecule has 164 valence electrons. The largest absolute Gasteiger partial charge is 0.497 e. The summed E-state index contributed by atoms with van der Waals surface area (Å²) in [5, 5.41) is 8.81. The normalized spacial score (nSPS) is 11.2. The lowest BCUT2D eigenvalue weighted by molar-refractivity contribution is 0.282. The van der Waals surface area contributed by atoms with Crippen LogP contribution in [0.5, 0.6) is 11.5 Å². The van der Waals surface area contributed by atoms with Gasteiger partial charge in [-0.1, -0.05) is 68.9 Å². The Morgan fingerprint density at radius 1 is 0.733 bits per heavy atom. The molecule has 0 aliphatic rings. The van der Waals surface area contributed by atoms with E-state index >= 15 is 0 Å². The molecule has 1 N–H and O–H groups in total. The quantitative estimate of drug-likeness (QED) is 0.274. The zero-order valence-electron chi connectivity index (χ0n) is 19.0. The van der Waals surface area contributed by atoms with Gasteiger partial charge in [-0.15, -0.1) is 0 Å². The number of aliphatic hydroxyl groups excluding tert-OH is 1. The number of unbranched alkanes of at least 4 members (excludes halogenated alkanes) is 7. The molecule has 30 heavy (non-hydrogen) atoms. The zero-order chi connectivity index (χ0) is 21.6. The Hall–Kier alpha value is -2.26. The van der Waals surface area contributed by atoms with Crippen LogP contribution in [0.4, 0.5) is 0 Å². The van der Waals surface area contributed by atoms with Crippen LogP contribution in [0.1, 0.15) is 73.6 Å². The number of hydrogen-bond acceptors (Lipinski definition) is 3. The van der Waals surface area contributed by atoms with Gasteiger partial charge in [0.05, 0.1) is 14.2 Å². The fraction of sp³-hybridized carbons (Fsp3) is 0.481. The molecule has 0 fully saturated rings. The average molecular weight is 411 g/mol. The fourth-order valence-electron chi connectivity index (χ4n) is 3.79. The molecule has 0 amide bonds. The van der Waals surface area contributed by atoms with Crippen LogP contribution in [0.15, 0.2) is 36.4 Å². The predicted octanol–water partition coefficient (Wildman–Crippen LogP) is 6.84. The molecule has 0 radical (unpaired) electrons. The third-order valence-electron chi connectivity index (χ3n) is 5.59. The maximum Gasteiger partial charge on any atom is 0.122 e. The number of aryl methyl sites for hydroxylation is 1. The molecule has 2 aromatic rings. The van der Waals surface area contributed by atoms with Gasteiger partial charge in [0.25, 0.3) is 0 Å². The van der Waals surface area contributed by atoms with Crippen molar-refractivity contribution in [3.05, 3.63) is 58.7 Å². The van der Waals surface area contributed by atoms with Gasteiger partial charge in [0.15, 0.2) is 0 Å². The smallest absolute Gasteiger partial charge is 0.122 e. The Labute approximate surface area is 182 Å². The molecule has 2 rings (SSSR count). The van der Waals surface area contributed by atoms with Crippen molar-refractivity contribution in [1.29, 1.82) is 0 Å². The van der Waals surface area contributed by atoms with E-state index in [1.807, 2.05) is 12.1 Å². The Bertz CT molecular complexity index is 762. The van der Waals surface area contributed by atoms with Gasteiger partial charge in [-0.3, -0.25) is 0 Å². The minimum Gasteiger partial charge on any atom is -0.497 e. The van der Waals surface area contributed by atoms with Gasteiger partial charge in [-0.2, -0.15) is 0 Å². The molecule has 2 aromatic carbocycles. The van der Waals surface area contributed by atoms with E-state index in [1.165, 1.54) is 49.7 Å². The summed E-state index contributed by atoms with van der Waals surface area (Å²) >= 11 is 0. The first kappa shape index (κ1) is 24.0. The molecule has 0 saturated carbocycles. The van der Waals surface area contributed by atoms with Crippen LogP contribution in [0.2, 0.25) is 0 Å². The van der Waals surface area contributed by atoms with E-state index < -0.39 is 0 Å². The molecule has 0 aliphatic carbocycles. The van der Waals surface area contributed by atoms with E-state index in [2.05, 4.69) is 43.3 Å². The molecule has 0 atom stereocenters. The molecule has 3 nitrogen and oxygen atoms in total. The number of rotatable bonds is 14. The van der Waals surface area contributed by atoms with Crippen molar-refractivity contribution < 1.29 is 14.6 Å². The van der Waals surface area contributed by atoms with E-state index in [4.69, 9.17) is 14.6 Å². The maximum atomic E-state index is 8.81. The molecular weight excluding hydrogens is 372 g/mol. The first-order valence-electron chi connectivity index (χ1n) is 11.3. The SMILES string of the molecule is COc1ccc(/C=C/c2cc(C)c(CCCCCCCCCCO)c(OC)c2)cc1. The molecule has 0 bridgehead atoms. The van der Waals surface area contributed by atoms with Crippen LogP contribution < -0.4 is 9.47 Å². The van der Waals surface area contributed by atoms with Crippen LogP contribution in [0.3, 0.4) is 0 Å². The summed E-state index contributed by atoms with van der Waals surface area (Å²) in [4.78, 5) is 0. The van der Waals surface area contributed by atoms with Crippen LogP contribution in [-0.4, -0.2) is 25.9 Å². The maximum absolute atomic E-state index is 8.81. The van der Waals surface area contributed by atoms with E-state index in [1.54, 1.807) is 14.2 Å². The molecule has 0 aromatic heterocycles. The van der Waals surface area contributed by atoms with Crippen LogP contribution in [0.25, 0.3) is 12.2 Å². The summed E-state index contributed by atoms with van der Waals surface area (Å²) < 4.78 is 10.9. The Morgan fingerprint density at radius 2 is 1.33 bits per heavy atom. The van der Waals surface area contributed by atoms with Crippen molar-refractivity contribution >= 4 is 12.2 Å². The van der Waals surface area contributed by atoms with Gasteiger partial charge >= 0.3 is 0 Å². The lowest BCUT2D eigenvalue weighted by Gasteiger charge is -2.13. The zero-order valence-corrected chi connectivity index (χ0v) is 19.0. The van der Waals surface area contributed by atoms with Crippen molar-refractivity contribution in [1.82, 2.24) is 0 Å². The highest BCUT2D eigenvalue weighted by molar-refractivity contribution is 5.71. The monoisotopic (exact) mass is 410 g/mol. The van der Waals surface area contributed by atoms with E-state index in [-0.39, 0.29) is 0 Å². The summed E-state index contributed by atoms with van der Waals surface area (Å²) in [6, 6.07) is 12.5. The highest BCUT2D eigenvalue weighted by Crippen LogP contribution is 2.27. The van der Waals surface area contributed by atoms with Gasteiger partial charge in [-0.05, 0) is 66.6 Å². The molecule has 0 aliphatic heterocycles. The van der Waals surface area contributed by atoms with Gasteiger partial charge in [0.1, 0.15) is 11.5 Å². The third kappa shape index (κ3) is 8.23. The molecule has 0 saturated heterocycles. The van der Waals surface area contributed by atoms with E-state index in [9.17, 15) is 0 Å². The Kier molecular flexibility index (Phi) is 11.1. The number of ether oxygens (including phenoxy) is 2. The first-order valence-corrected chi connectivity index (χ1v) is 11.3. The van der Waals surface area contributed by atoms with Crippen molar-refractivity contribution in [3.8, 4) is 11.5 Å². The molecule has 3 heteroatoms. The Morgan fingerprint density at radius 3 is 1.93 bits per heavy atom. The second-order valence-electron chi connectivity index (χ2n) is 7.93. The van der Waals surface area contributed by atoms with Crippen LogP contribution in [0, 0.1) is 6.92 Å². The second-order valence-corrected chi connectivity index (χ2v) is 7.93. The summed E-state index contributed by atoms with van der Waals surface area (Å²) in [6.45, 7) is 2.51. The topological polar surface area (TPSA) is 38.7 Å². The van der Waals surface area contributed by atoms with E-state index in [0.29, 0.717) is 6.61 Å². The average Bonchev–Trinajstić information content (AvgIpc) is 2.77. The first-order chi connectivity index (χ1) is 14.7. The highest BCUT2D eigenvalue weighted by atomic mass is 16.5. The molecule has 0 unspecified atom stereocenters. The van der Waals surface area contributed by atoms with Crippen molar-refractivity contribution in [2.45, 2.75) is 64.7 Å². The van der Waals surface area contributed by atoms with Crippen LogP contribution in [-0.2, 0) is 6.42 Å². The predicted molar refractivity (Wildman–Crippen MR) is 127 cm³/mol. The fourth-order valence-corrected chi connectivity index (χ4v) is 3.79. The highest BCUT2D eigenvalue weighted by Gasteiger charge is 2.08. The van der Waals surface area contributed by atoms with Crippen molar-refractivity contribution in [2.24, 2.45) is 0 Å². The third-order valence-corrected chi connectivity index (χ3v) is 5.59. The molecular formula is C27H38O3. The number of benzene rings is 2. The molecule has 0 spiro atoms. The lowest BCUT2D eigenvalue weighted by Crippen LogP contribution is -1.97. The number of aliphatic hydroxyl groups is 1. The molecule has 0 heterocycles. The number of hydrogen-bond donors (Lipinski definition) is 1. The lowest BCUT2D eigenvalue weighted by atomic mass is 9.97. The van der Waals surface area contributed by atoms with Gasteiger partial charge in [0, 0.05) is 6.61 Å². The van der Waals surface area contributed by atoms with Gasteiger partial charge < -0.3 is 14.6 Å².